The van der Waals surface area contributed by atoms with Gasteiger partial charge in [-0.1, -0.05) is 36.4 Å². The van der Waals surface area contributed by atoms with Gasteiger partial charge in [0, 0.05) is 35.3 Å². The Morgan fingerprint density at radius 2 is 2.00 bits per heavy atom. The summed E-state index contributed by atoms with van der Waals surface area (Å²) in [6, 6.07) is 7.05. The van der Waals surface area contributed by atoms with Gasteiger partial charge in [-0.05, 0) is 19.1 Å². The second kappa shape index (κ2) is 8.69. The van der Waals surface area contributed by atoms with Gasteiger partial charge in [-0.3, -0.25) is 14.5 Å². The largest absolute Gasteiger partial charge is 0.417 e. The fourth-order valence-corrected chi connectivity index (χ4v) is 4.04. The summed E-state index contributed by atoms with van der Waals surface area (Å²) in [4.78, 5) is 30.1. The van der Waals surface area contributed by atoms with Crippen LogP contribution in [0.25, 0.3) is 5.70 Å². The molecule has 0 aliphatic carbocycles. The molecule has 10 heteroatoms. The van der Waals surface area contributed by atoms with Gasteiger partial charge in [-0.25, -0.2) is 4.98 Å². The Bertz CT molecular complexity index is 978. The highest BCUT2D eigenvalue weighted by atomic mass is 35.5. The number of fused-ring (bicyclic) bond motifs is 1. The van der Waals surface area contributed by atoms with Crippen LogP contribution in [-0.2, 0) is 11.0 Å². The number of hydrogen-bond donors (Lipinski definition) is 1. The third kappa shape index (κ3) is 4.46. The molecule has 30 heavy (non-hydrogen) atoms. The minimum absolute atomic E-state index is 0.105. The highest BCUT2D eigenvalue weighted by Gasteiger charge is 2.36. The maximum absolute atomic E-state index is 12.7. The molecule has 1 aliphatic rings. The first-order valence-electron chi connectivity index (χ1n) is 8.86. The second-order valence-corrected chi connectivity index (χ2v) is 7.98. The van der Waals surface area contributed by atoms with Crippen LogP contribution in [0.3, 0.4) is 0 Å². The van der Waals surface area contributed by atoms with Gasteiger partial charge in [0.15, 0.2) is 0 Å². The smallest absolute Gasteiger partial charge is 0.353 e. The van der Waals surface area contributed by atoms with E-state index in [4.69, 9.17) is 11.6 Å². The van der Waals surface area contributed by atoms with E-state index in [1.807, 2.05) is 0 Å². The minimum atomic E-state index is -4.51. The molecule has 0 bridgehead atoms. The fourth-order valence-electron chi connectivity index (χ4n) is 2.99. The van der Waals surface area contributed by atoms with Crippen LogP contribution in [0.1, 0.15) is 28.4 Å². The Hall–Kier alpha value is -2.52. The van der Waals surface area contributed by atoms with Crippen molar-refractivity contribution in [3.63, 3.8) is 0 Å². The molecule has 1 atom stereocenters. The van der Waals surface area contributed by atoms with E-state index in [0.29, 0.717) is 22.6 Å². The van der Waals surface area contributed by atoms with E-state index < -0.39 is 17.8 Å². The molecule has 2 heterocycles. The maximum Gasteiger partial charge on any atom is 0.417 e. The summed E-state index contributed by atoms with van der Waals surface area (Å²) in [6.07, 6.45) is -3.79. The van der Waals surface area contributed by atoms with Gasteiger partial charge in [0.1, 0.15) is 11.1 Å². The molecule has 1 N–H and O–H groups in total. The first-order chi connectivity index (χ1) is 14.1. The number of halogens is 4. The predicted molar refractivity (Wildman–Crippen MR) is 109 cm³/mol. The lowest BCUT2D eigenvalue weighted by molar-refractivity contribution is -0.137. The lowest BCUT2D eigenvalue weighted by atomic mass is 10.1. The molecule has 2 aromatic rings. The topological polar surface area (TPSA) is 62.3 Å². The number of benzene rings is 1. The van der Waals surface area contributed by atoms with Gasteiger partial charge in [-0.2, -0.15) is 13.2 Å². The summed E-state index contributed by atoms with van der Waals surface area (Å²) in [5.41, 5.74) is 0.741. The molecule has 0 radical (unpaired) electrons. The lowest BCUT2D eigenvalue weighted by Gasteiger charge is -2.24. The van der Waals surface area contributed by atoms with E-state index in [2.05, 4.69) is 16.9 Å². The Labute approximate surface area is 180 Å². The zero-order valence-corrected chi connectivity index (χ0v) is 17.4. The Kier molecular flexibility index (Phi) is 6.42. The highest BCUT2D eigenvalue weighted by molar-refractivity contribution is 7.99. The molecule has 1 aromatic carbocycles. The third-order valence-electron chi connectivity index (χ3n) is 4.52. The van der Waals surface area contributed by atoms with Crippen molar-refractivity contribution in [3.8, 4) is 0 Å². The monoisotopic (exact) mass is 455 g/mol. The van der Waals surface area contributed by atoms with Crippen LogP contribution in [-0.4, -0.2) is 40.0 Å². The number of thioether (sulfide) groups is 1. The Morgan fingerprint density at radius 1 is 1.33 bits per heavy atom. The van der Waals surface area contributed by atoms with Crippen LogP contribution < -0.4 is 5.32 Å². The number of rotatable bonds is 6. The van der Waals surface area contributed by atoms with Crippen molar-refractivity contribution in [2.24, 2.45) is 0 Å². The van der Waals surface area contributed by atoms with Crippen molar-refractivity contribution in [2.45, 2.75) is 24.2 Å². The zero-order valence-electron chi connectivity index (χ0n) is 15.8. The molecule has 0 saturated heterocycles. The molecule has 1 aliphatic heterocycles. The molecule has 0 spiro atoms. The summed E-state index contributed by atoms with van der Waals surface area (Å²) >= 11 is 6.99. The summed E-state index contributed by atoms with van der Waals surface area (Å²) in [5, 5.41) is 2.84. The van der Waals surface area contributed by atoms with Gasteiger partial charge in [0.25, 0.3) is 5.91 Å². The van der Waals surface area contributed by atoms with Crippen LogP contribution in [0.5, 0.6) is 0 Å². The lowest BCUT2D eigenvalue weighted by Crippen LogP contribution is -2.45. The first kappa shape index (κ1) is 22.2. The van der Waals surface area contributed by atoms with Gasteiger partial charge in [-0.15, -0.1) is 11.8 Å². The van der Waals surface area contributed by atoms with Crippen LogP contribution in [0.4, 0.5) is 13.2 Å². The molecule has 2 amide bonds. The van der Waals surface area contributed by atoms with Gasteiger partial charge in [0.05, 0.1) is 10.6 Å². The third-order valence-corrected chi connectivity index (χ3v) is 5.93. The number of aromatic nitrogens is 1. The van der Waals surface area contributed by atoms with Crippen LogP contribution in [0.15, 0.2) is 48.1 Å². The molecule has 1 unspecified atom stereocenters. The van der Waals surface area contributed by atoms with E-state index in [9.17, 15) is 22.8 Å². The predicted octanol–water partition coefficient (Wildman–Crippen LogP) is 4.48. The number of carbonyl (C=O) groups excluding carboxylic acids is 2. The van der Waals surface area contributed by atoms with E-state index >= 15 is 0 Å². The summed E-state index contributed by atoms with van der Waals surface area (Å²) < 4.78 is 38.0. The second-order valence-electron chi connectivity index (χ2n) is 6.49. The minimum Gasteiger partial charge on any atom is -0.353 e. The van der Waals surface area contributed by atoms with Crippen LogP contribution in [0.2, 0.25) is 5.02 Å². The SMILES string of the molecule is C=C1c2ccccc2C(=O)N1C(C)C(=O)NCCSc1ncc(C(F)(F)F)cc1Cl. The van der Waals surface area contributed by atoms with Crippen LogP contribution >= 0.6 is 23.4 Å². The normalized spacial score (nSPS) is 14.6. The number of pyridine rings is 1. The molecule has 5 nitrogen and oxygen atoms in total. The summed E-state index contributed by atoms with van der Waals surface area (Å²) in [6.45, 7) is 5.74. The van der Waals surface area contributed by atoms with Crippen molar-refractivity contribution in [1.29, 1.82) is 0 Å². The molecule has 3 rings (SSSR count). The number of nitrogens with one attached hydrogen (secondary N) is 1. The van der Waals surface area contributed by atoms with Crippen molar-refractivity contribution in [3.05, 3.63) is 64.8 Å². The number of alkyl halides is 3. The fraction of sp³-hybridized carbons (Fsp3) is 0.250. The van der Waals surface area contributed by atoms with Crippen molar-refractivity contribution < 1.29 is 22.8 Å². The van der Waals surface area contributed by atoms with Gasteiger partial charge < -0.3 is 5.32 Å². The average Bonchev–Trinajstić information content (AvgIpc) is 2.95. The molecule has 0 fully saturated rings. The van der Waals surface area contributed by atoms with E-state index in [0.717, 1.165) is 24.0 Å². The van der Waals surface area contributed by atoms with Crippen molar-refractivity contribution in [2.75, 3.05) is 12.3 Å². The van der Waals surface area contributed by atoms with Gasteiger partial charge in [0.2, 0.25) is 5.91 Å². The summed E-state index contributed by atoms with van der Waals surface area (Å²) in [7, 11) is 0. The van der Waals surface area contributed by atoms with Gasteiger partial charge >= 0.3 is 6.18 Å². The van der Waals surface area contributed by atoms with E-state index in [-0.39, 0.29) is 28.4 Å². The van der Waals surface area contributed by atoms with Crippen molar-refractivity contribution >= 4 is 40.9 Å². The standard InChI is InChI=1S/C20H17ClF3N3O2S/c1-11-14-5-3-4-6-15(14)19(29)27(11)12(2)17(28)25-7-8-30-18-16(21)9-13(10-26-18)20(22,23)24/h3-6,9-10,12H,1,7-8H2,2H3,(H,25,28). The first-order valence-corrected chi connectivity index (χ1v) is 10.2. The molecular formula is C20H17ClF3N3O2S. The van der Waals surface area contributed by atoms with E-state index in [1.165, 1.54) is 4.90 Å². The molecule has 158 valence electrons. The molecule has 0 saturated carbocycles. The van der Waals surface area contributed by atoms with E-state index in [1.54, 1.807) is 31.2 Å². The maximum atomic E-state index is 12.7. The zero-order chi connectivity index (χ0) is 22.1. The highest BCUT2D eigenvalue weighted by Crippen LogP contribution is 2.34. The Balaban J connectivity index is 1.53. The number of nitrogens with zero attached hydrogens (tertiary/aromatic N) is 2. The van der Waals surface area contributed by atoms with Crippen molar-refractivity contribution in [1.82, 2.24) is 15.2 Å². The molecular weight excluding hydrogens is 439 g/mol. The number of carbonyl (C=O) groups is 2. The summed E-state index contributed by atoms with van der Waals surface area (Å²) in [5.74, 6) is -0.316. The average molecular weight is 456 g/mol. The Morgan fingerprint density at radius 3 is 2.60 bits per heavy atom. The quantitative estimate of drug-likeness (QED) is 0.515. The number of hydrogen-bond acceptors (Lipinski definition) is 4. The van der Waals surface area contributed by atoms with Crippen LogP contribution in [0, 0.1) is 0 Å². The molecule has 1 aromatic heterocycles. The number of amides is 2.